The smallest absolute Gasteiger partial charge is 0.322 e. The third-order valence-corrected chi connectivity index (χ3v) is 6.40. The lowest BCUT2D eigenvalue weighted by molar-refractivity contribution is -0.0436. The van der Waals surface area contributed by atoms with Crippen LogP contribution in [0.4, 0.5) is 18.9 Å². The van der Waals surface area contributed by atoms with Crippen molar-refractivity contribution in [2.24, 2.45) is 0 Å². The van der Waals surface area contributed by atoms with Gasteiger partial charge in [0.25, 0.3) is 15.7 Å². The Morgan fingerprint density at radius 1 is 1.00 bits per heavy atom. The van der Waals surface area contributed by atoms with E-state index < -0.39 is 31.7 Å². The molecule has 12 heteroatoms. The normalized spacial score (nSPS) is 11.9. The molecule has 1 N–H and O–H groups in total. The molecule has 172 valence electrons. The van der Waals surface area contributed by atoms with Crippen molar-refractivity contribution in [3.8, 4) is 11.8 Å². The van der Waals surface area contributed by atoms with Crippen molar-refractivity contribution >= 4 is 32.5 Å². The molecule has 4 aromatic rings. The Balaban J connectivity index is 1.69. The second-order valence-electron chi connectivity index (χ2n) is 7.25. The van der Waals surface area contributed by atoms with E-state index in [0.29, 0.717) is 22.8 Å². The Bertz CT molecular complexity index is 1570. The number of carbonyl (C=O) groups excluding carboxylic acids is 1. The fraction of sp³-hybridized carbons (Fsp3) is 0.0909. The number of sulfone groups is 1. The first-order valence-corrected chi connectivity index (χ1v) is 11.1. The van der Waals surface area contributed by atoms with Crippen LogP contribution in [-0.2, 0) is 9.84 Å². The summed E-state index contributed by atoms with van der Waals surface area (Å²) in [5, 5.41) is 20.1. The van der Waals surface area contributed by atoms with E-state index in [2.05, 4.69) is 15.5 Å². The van der Waals surface area contributed by atoms with Gasteiger partial charge in [-0.05, 0) is 55.5 Å². The first-order valence-electron chi connectivity index (χ1n) is 9.60. The highest BCUT2D eigenvalue weighted by Gasteiger charge is 2.48. The maximum absolute atomic E-state index is 13.1. The summed E-state index contributed by atoms with van der Waals surface area (Å²) in [6.07, 6.45) is 0. The minimum absolute atomic E-state index is 0.145. The lowest BCUT2D eigenvalue weighted by atomic mass is 10.1. The van der Waals surface area contributed by atoms with Gasteiger partial charge in [0.15, 0.2) is 0 Å². The number of halogens is 3. The number of hydrogen-bond donors (Lipinski definition) is 1. The van der Waals surface area contributed by atoms with Crippen LogP contribution in [0.2, 0.25) is 0 Å². The molecule has 8 nitrogen and oxygen atoms in total. The van der Waals surface area contributed by atoms with Gasteiger partial charge in [-0.3, -0.25) is 4.79 Å². The topological polar surface area (TPSA) is 118 Å². The molecular weight excluding hydrogens is 471 g/mol. The summed E-state index contributed by atoms with van der Waals surface area (Å²) in [5.74, 6) is -1.13. The number of hydrogen-bond acceptors (Lipinski definition) is 6. The molecule has 4 rings (SSSR count). The Labute approximate surface area is 191 Å². The number of amides is 1. The number of aromatic nitrogens is 3. The molecule has 1 heterocycles. The quantitative estimate of drug-likeness (QED) is 0.464. The van der Waals surface area contributed by atoms with Gasteiger partial charge >= 0.3 is 5.51 Å². The number of nitriles is 1. The number of fused-ring (bicyclic) bond motifs is 1. The number of nitrogens with zero attached hydrogens (tertiary/aromatic N) is 4. The number of alkyl halides is 3. The summed E-state index contributed by atoms with van der Waals surface area (Å²) >= 11 is 0. The van der Waals surface area contributed by atoms with Crippen LogP contribution in [0, 0.1) is 18.3 Å². The zero-order valence-electron chi connectivity index (χ0n) is 17.3. The van der Waals surface area contributed by atoms with E-state index in [1.54, 1.807) is 12.1 Å². The molecule has 0 fully saturated rings. The van der Waals surface area contributed by atoms with Crippen molar-refractivity contribution in [2.45, 2.75) is 17.3 Å². The maximum Gasteiger partial charge on any atom is 0.501 e. The predicted octanol–water partition coefficient (Wildman–Crippen LogP) is 4.15. The predicted molar refractivity (Wildman–Crippen MR) is 116 cm³/mol. The molecule has 0 aliphatic rings. The SMILES string of the molecule is Cc1ccc(-n2nc3ccc(NC(=O)c4cc(C#N)ccc4S(=O)(=O)C(F)(F)F)cc3n2)cc1. The minimum atomic E-state index is -5.83. The minimum Gasteiger partial charge on any atom is -0.322 e. The van der Waals surface area contributed by atoms with Gasteiger partial charge < -0.3 is 5.32 Å². The molecule has 1 amide bonds. The van der Waals surface area contributed by atoms with Crippen molar-refractivity contribution < 1.29 is 26.4 Å². The van der Waals surface area contributed by atoms with Crippen LogP contribution in [0.15, 0.2) is 65.6 Å². The number of benzene rings is 3. The summed E-state index contributed by atoms with van der Waals surface area (Å²) in [4.78, 5) is 12.9. The standard InChI is InChI=1S/C22H14F3N5O3S/c1-13-2-6-16(7-3-13)30-28-18-8-5-15(11-19(18)29-30)27-21(31)17-10-14(12-26)4-9-20(17)34(32,33)22(23,24)25/h2-11H,1H3,(H,27,31). The number of nitrogens with one attached hydrogen (secondary N) is 1. The summed E-state index contributed by atoms with van der Waals surface area (Å²) < 4.78 is 63.2. The monoisotopic (exact) mass is 485 g/mol. The van der Waals surface area contributed by atoms with Crippen LogP contribution < -0.4 is 5.32 Å². The molecule has 0 saturated carbocycles. The maximum atomic E-state index is 13.1. The lowest BCUT2D eigenvalue weighted by Gasteiger charge is -2.13. The summed E-state index contributed by atoms with van der Waals surface area (Å²) in [6.45, 7) is 1.93. The van der Waals surface area contributed by atoms with E-state index >= 15 is 0 Å². The zero-order valence-corrected chi connectivity index (χ0v) is 18.1. The molecule has 0 radical (unpaired) electrons. The highest BCUT2D eigenvalue weighted by atomic mass is 32.2. The van der Waals surface area contributed by atoms with Crippen LogP contribution in [-0.4, -0.2) is 34.8 Å². The van der Waals surface area contributed by atoms with Gasteiger partial charge in [-0.15, -0.1) is 10.2 Å². The fourth-order valence-corrected chi connectivity index (χ4v) is 4.06. The zero-order chi connectivity index (χ0) is 24.7. The van der Waals surface area contributed by atoms with E-state index in [9.17, 15) is 26.4 Å². The van der Waals surface area contributed by atoms with Crippen molar-refractivity contribution in [3.05, 3.63) is 77.4 Å². The molecule has 34 heavy (non-hydrogen) atoms. The molecule has 0 saturated heterocycles. The van der Waals surface area contributed by atoms with E-state index in [0.717, 1.165) is 17.7 Å². The van der Waals surface area contributed by atoms with Crippen molar-refractivity contribution in [1.82, 2.24) is 15.0 Å². The Morgan fingerprint density at radius 3 is 2.32 bits per heavy atom. The Morgan fingerprint density at radius 2 is 1.68 bits per heavy atom. The average Bonchev–Trinajstić information content (AvgIpc) is 3.21. The molecule has 0 aliphatic carbocycles. The van der Waals surface area contributed by atoms with Gasteiger partial charge in [0, 0.05) is 5.69 Å². The van der Waals surface area contributed by atoms with Gasteiger partial charge in [-0.1, -0.05) is 17.7 Å². The van der Waals surface area contributed by atoms with Gasteiger partial charge in [-0.25, -0.2) is 8.42 Å². The summed E-state index contributed by atoms with van der Waals surface area (Å²) in [6, 6.07) is 15.8. The molecular formula is C22H14F3N5O3S. The highest BCUT2D eigenvalue weighted by molar-refractivity contribution is 7.92. The highest BCUT2D eigenvalue weighted by Crippen LogP contribution is 2.33. The van der Waals surface area contributed by atoms with E-state index in [1.165, 1.54) is 16.9 Å². The molecule has 0 bridgehead atoms. The Hall–Kier alpha value is -4.24. The van der Waals surface area contributed by atoms with Crippen LogP contribution in [0.1, 0.15) is 21.5 Å². The molecule has 3 aromatic carbocycles. The van der Waals surface area contributed by atoms with Crippen molar-refractivity contribution in [3.63, 3.8) is 0 Å². The van der Waals surface area contributed by atoms with Crippen molar-refractivity contribution in [1.29, 1.82) is 5.26 Å². The second kappa shape index (κ2) is 8.27. The largest absolute Gasteiger partial charge is 0.501 e. The van der Waals surface area contributed by atoms with Gasteiger partial charge in [0.2, 0.25) is 0 Å². The molecule has 0 unspecified atom stereocenters. The third kappa shape index (κ3) is 4.20. The van der Waals surface area contributed by atoms with Crippen LogP contribution in [0.3, 0.4) is 0 Å². The average molecular weight is 485 g/mol. The van der Waals surface area contributed by atoms with E-state index in [1.807, 2.05) is 31.2 Å². The van der Waals surface area contributed by atoms with Crippen LogP contribution in [0.5, 0.6) is 0 Å². The Kier molecular flexibility index (Phi) is 5.58. The fourth-order valence-electron chi connectivity index (χ4n) is 3.12. The summed E-state index contributed by atoms with van der Waals surface area (Å²) in [7, 11) is -5.83. The number of aryl methyl sites for hydroxylation is 1. The van der Waals surface area contributed by atoms with Gasteiger partial charge in [0.1, 0.15) is 11.0 Å². The van der Waals surface area contributed by atoms with Gasteiger partial charge in [-0.2, -0.15) is 23.2 Å². The number of anilines is 1. The second-order valence-corrected chi connectivity index (χ2v) is 9.16. The lowest BCUT2D eigenvalue weighted by Crippen LogP contribution is -2.26. The number of carbonyl (C=O) groups is 1. The molecule has 0 atom stereocenters. The molecule has 0 spiro atoms. The number of rotatable bonds is 4. The van der Waals surface area contributed by atoms with Gasteiger partial charge in [0.05, 0.1) is 27.8 Å². The first kappa shape index (κ1) is 22.9. The van der Waals surface area contributed by atoms with Crippen LogP contribution in [0.25, 0.3) is 16.7 Å². The summed E-state index contributed by atoms with van der Waals surface area (Å²) in [5.41, 5.74) is -3.84. The van der Waals surface area contributed by atoms with E-state index in [-0.39, 0.29) is 11.3 Å². The first-order chi connectivity index (χ1) is 16.0. The van der Waals surface area contributed by atoms with Crippen molar-refractivity contribution in [2.75, 3.05) is 5.32 Å². The van der Waals surface area contributed by atoms with Crippen LogP contribution >= 0.6 is 0 Å². The van der Waals surface area contributed by atoms with E-state index in [4.69, 9.17) is 5.26 Å². The third-order valence-electron chi connectivity index (χ3n) is 4.85. The molecule has 0 aliphatic heterocycles. The molecule has 1 aromatic heterocycles.